The minimum Gasteiger partial charge on any atom is -0.397 e. The van der Waals surface area contributed by atoms with Gasteiger partial charge in [-0.1, -0.05) is 0 Å². The molecule has 0 saturated heterocycles. The minimum absolute atomic E-state index is 0.0160. The number of nitrogen functional groups attached to an aromatic ring is 1. The second-order valence-corrected chi connectivity index (χ2v) is 4.86. The predicted molar refractivity (Wildman–Crippen MR) is 62.4 cm³/mol. The van der Waals surface area contributed by atoms with Crippen LogP contribution in [0.1, 0.15) is 6.42 Å². The molecule has 0 saturated carbocycles. The van der Waals surface area contributed by atoms with Crippen LogP contribution in [0.5, 0.6) is 0 Å². The smallest absolute Gasteiger partial charge is 0.238 e. The summed E-state index contributed by atoms with van der Waals surface area (Å²) in [7, 11) is -3.72. The monoisotopic (exact) mass is 245 g/mol. The van der Waals surface area contributed by atoms with Gasteiger partial charge in [0.2, 0.25) is 10.0 Å². The van der Waals surface area contributed by atoms with Crippen LogP contribution in [-0.2, 0) is 10.0 Å². The number of hydrogen-bond donors (Lipinski definition) is 4. The molecule has 7 heteroatoms. The number of rotatable bonds is 5. The molecule has 0 spiro atoms. The third-order valence-electron chi connectivity index (χ3n) is 2.00. The molecule has 0 heterocycles. The summed E-state index contributed by atoms with van der Waals surface area (Å²) >= 11 is 0. The molecule has 90 valence electrons. The van der Waals surface area contributed by atoms with E-state index in [9.17, 15) is 8.42 Å². The fourth-order valence-corrected chi connectivity index (χ4v) is 1.73. The van der Waals surface area contributed by atoms with Gasteiger partial charge in [-0.05, 0) is 24.6 Å². The van der Waals surface area contributed by atoms with Crippen molar-refractivity contribution in [1.29, 1.82) is 0 Å². The summed E-state index contributed by atoms with van der Waals surface area (Å²) in [6.07, 6.45) is 0.594. The van der Waals surface area contributed by atoms with Crippen molar-refractivity contribution in [3.63, 3.8) is 0 Å². The van der Waals surface area contributed by atoms with Gasteiger partial charge >= 0.3 is 0 Å². The van der Waals surface area contributed by atoms with Crippen molar-refractivity contribution >= 4 is 21.4 Å². The number of aliphatic hydroxyl groups excluding tert-OH is 1. The van der Waals surface area contributed by atoms with E-state index in [0.29, 0.717) is 24.3 Å². The zero-order chi connectivity index (χ0) is 12.2. The van der Waals surface area contributed by atoms with E-state index in [0.717, 1.165) is 0 Å². The normalized spacial score (nSPS) is 11.4. The number of primary sulfonamides is 1. The summed E-state index contributed by atoms with van der Waals surface area (Å²) in [4.78, 5) is -0.0160. The summed E-state index contributed by atoms with van der Waals surface area (Å²) in [6, 6.07) is 4.23. The summed E-state index contributed by atoms with van der Waals surface area (Å²) < 4.78 is 22.1. The fraction of sp³-hybridized carbons (Fsp3) is 0.333. The Hall–Kier alpha value is -1.31. The summed E-state index contributed by atoms with van der Waals surface area (Å²) in [5, 5.41) is 16.5. The van der Waals surface area contributed by atoms with Gasteiger partial charge in [0.1, 0.15) is 0 Å². The van der Waals surface area contributed by atoms with Gasteiger partial charge < -0.3 is 16.2 Å². The first-order valence-corrected chi connectivity index (χ1v) is 6.27. The number of nitrogens with one attached hydrogen (secondary N) is 1. The Morgan fingerprint density at radius 1 is 1.38 bits per heavy atom. The first kappa shape index (κ1) is 12.8. The van der Waals surface area contributed by atoms with Crippen molar-refractivity contribution in [2.45, 2.75) is 11.3 Å². The standard InChI is InChI=1S/C9H15N3O3S/c10-8-6-7(16(11,14)15)2-3-9(8)12-4-1-5-13/h2-3,6,12-13H,1,4-5,10H2,(H2,11,14,15). The van der Waals surface area contributed by atoms with Crippen LogP contribution in [0.3, 0.4) is 0 Å². The summed E-state index contributed by atoms with van der Waals surface area (Å²) in [6.45, 7) is 0.650. The Balaban J connectivity index is 2.84. The van der Waals surface area contributed by atoms with Gasteiger partial charge in [-0.3, -0.25) is 0 Å². The van der Waals surface area contributed by atoms with Crippen molar-refractivity contribution in [3.8, 4) is 0 Å². The Morgan fingerprint density at radius 3 is 2.56 bits per heavy atom. The van der Waals surface area contributed by atoms with Crippen LogP contribution in [0.2, 0.25) is 0 Å². The highest BCUT2D eigenvalue weighted by Crippen LogP contribution is 2.21. The van der Waals surface area contributed by atoms with Crippen LogP contribution in [0.25, 0.3) is 0 Å². The Labute approximate surface area is 94.3 Å². The fourth-order valence-electron chi connectivity index (χ4n) is 1.18. The molecule has 1 aromatic rings. The molecule has 6 nitrogen and oxygen atoms in total. The maximum Gasteiger partial charge on any atom is 0.238 e. The first-order valence-electron chi connectivity index (χ1n) is 4.72. The highest BCUT2D eigenvalue weighted by molar-refractivity contribution is 7.89. The number of nitrogens with two attached hydrogens (primary N) is 2. The lowest BCUT2D eigenvalue weighted by Crippen LogP contribution is -2.13. The van der Waals surface area contributed by atoms with Gasteiger partial charge in [-0.15, -0.1) is 0 Å². The van der Waals surface area contributed by atoms with Crippen LogP contribution < -0.4 is 16.2 Å². The number of sulfonamides is 1. The van der Waals surface area contributed by atoms with E-state index in [4.69, 9.17) is 16.0 Å². The van der Waals surface area contributed by atoms with Crippen LogP contribution >= 0.6 is 0 Å². The topological polar surface area (TPSA) is 118 Å². The maximum atomic E-state index is 11.0. The van der Waals surface area contributed by atoms with Gasteiger partial charge in [0.05, 0.1) is 16.3 Å². The Morgan fingerprint density at radius 2 is 2.06 bits per heavy atom. The Bertz CT molecular complexity index is 459. The quantitative estimate of drug-likeness (QED) is 0.420. The van der Waals surface area contributed by atoms with Crippen molar-refractivity contribution in [1.82, 2.24) is 0 Å². The zero-order valence-electron chi connectivity index (χ0n) is 8.68. The van der Waals surface area contributed by atoms with Crippen LogP contribution in [-0.4, -0.2) is 26.7 Å². The van der Waals surface area contributed by atoms with Crippen LogP contribution in [0, 0.1) is 0 Å². The van der Waals surface area contributed by atoms with E-state index in [1.54, 1.807) is 6.07 Å². The number of anilines is 2. The summed E-state index contributed by atoms with van der Waals surface area (Å²) in [5.74, 6) is 0. The van der Waals surface area contributed by atoms with Gasteiger partial charge in [-0.2, -0.15) is 0 Å². The molecule has 1 rings (SSSR count). The lowest BCUT2D eigenvalue weighted by Gasteiger charge is -2.09. The molecule has 16 heavy (non-hydrogen) atoms. The first-order chi connectivity index (χ1) is 7.45. The van der Waals surface area contributed by atoms with E-state index >= 15 is 0 Å². The van der Waals surface area contributed by atoms with Crippen molar-refractivity contribution in [3.05, 3.63) is 18.2 Å². The molecule has 6 N–H and O–H groups in total. The third-order valence-corrected chi connectivity index (χ3v) is 2.91. The molecule has 0 amide bonds. The second-order valence-electron chi connectivity index (χ2n) is 3.30. The molecule has 0 aromatic heterocycles. The van der Waals surface area contributed by atoms with E-state index in [1.165, 1.54) is 12.1 Å². The van der Waals surface area contributed by atoms with E-state index in [2.05, 4.69) is 5.32 Å². The second kappa shape index (κ2) is 5.15. The van der Waals surface area contributed by atoms with Crippen molar-refractivity contribution in [2.75, 3.05) is 24.2 Å². The largest absolute Gasteiger partial charge is 0.397 e. The SMILES string of the molecule is Nc1cc(S(N)(=O)=O)ccc1NCCCO. The molecule has 0 aliphatic rings. The Kier molecular flexibility index (Phi) is 4.11. The molecule has 0 aliphatic heterocycles. The van der Waals surface area contributed by atoms with E-state index in [1.807, 2.05) is 0 Å². The number of benzene rings is 1. The predicted octanol–water partition coefficient (Wildman–Crippen LogP) is -0.290. The van der Waals surface area contributed by atoms with Crippen LogP contribution in [0.4, 0.5) is 11.4 Å². The molecule has 0 atom stereocenters. The number of hydrogen-bond acceptors (Lipinski definition) is 5. The average molecular weight is 245 g/mol. The summed E-state index contributed by atoms with van der Waals surface area (Å²) in [5.41, 5.74) is 6.59. The molecular weight excluding hydrogens is 230 g/mol. The minimum atomic E-state index is -3.72. The van der Waals surface area contributed by atoms with Crippen molar-refractivity contribution < 1.29 is 13.5 Å². The zero-order valence-corrected chi connectivity index (χ0v) is 9.50. The molecule has 0 radical (unpaired) electrons. The molecule has 1 aromatic carbocycles. The molecular formula is C9H15N3O3S. The highest BCUT2D eigenvalue weighted by Gasteiger charge is 2.09. The van der Waals surface area contributed by atoms with E-state index in [-0.39, 0.29) is 11.5 Å². The lowest BCUT2D eigenvalue weighted by molar-refractivity contribution is 0.292. The maximum absolute atomic E-state index is 11.0. The van der Waals surface area contributed by atoms with Gasteiger partial charge in [0, 0.05) is 13.2 Å². The van der Waals surface area contributed by atoms with Gasteiger partial charge in [0.15, 0.2) is 0 Å². The van der Waals surface area contributed by atoms with Crippen molar-refractivity contribution in [2.24, 2.45) is 5.14 Å². The van der Waals surface area contributed by atoms with Gasteiger partial charge in [-0.25, -0.2) is 13.6 Å². The molecule has 0 unspecified atom stereocenters. The molecule has 0 fully saturated rings. The van der Waals surface area contributed by atoms with Crippen LogP contribution in [0.15, 0.2) is 23.1 Å². The molecule has 0 aliphatic carbocycles. The number of aliphatic hydroxyl groups is 1. The lowest BCUT2D eigenvalue weighted by atomic mass is 10.2. The van der Waals surface area contributed by atoms with Gasteiger partial charge in [0.25, 0.3) is 0 Å². The van der Waals surface area contributed by atoms with E-state index < -0.39 is 10.0 Å². The average Bonchev–Trinajstić information content (AvgIpc) is 2.19. The highest BCUT2D eigenvalue weighted by atomic mass is 32.2. The molecule has 0 bridgehead atoms. The third kappa shape index (κ3) is 3.37.